The molecule has 0 radical (unpaired) electrons. The van der Waals surface area contributed by atoms with Crippen molar-refractivity contribution < 1.29 is 9.31 Å². The number of benzene rings is 2. The van der Waals surface area contributed by atoms with Crippen molar-refractivity contribution in [3.05, 3.63) is 64.2 Å². The van der Waals surface area contributed by atoms with Crippen molar-refractivity contribution in [1.82, 2.24) is 15.3 Å². The van der Waals surface area contributed by atoms with Gasteiger partial charge in [0, 0.05) is 44.2 Å². The van der Waals surface area contributed by atoms with Crippen LogP contribution < -0.4 is 15.5 Å². The summed E-state index contributed by atoms with van der Waals surface area (Å²) in [4.78, 5) is 22.0. The summed E-state index contributed by atoms with van der Waals surface area (Å²) in [6.07, 6.45) is 3.08. The van der Waals surface area contributed by atoms with E-state index in [1.165, 1.54) is 18.5 Å². The van der Waals surface area contributed by atoms with Gasteiger partial charge in [0.1, 0.15) is 23.6 Å². The number of fused-ring (bicyclic) bond motifs is 1. The maximum atomic E-state index is 13.0. The smallest absolute Gasteiger partial charge is 0.293 e. The van der Waals surface area contributed by atoms with E-state index >= 15 is 0 Å². The first-order chi connectivity index (χ1) is 14.6. The second-order valence-corrected chi connectivity index (χ2v) is 7.23. The van der Waals surface area contributed by atoms with E-state index in [4.69, 9.17) is 0 Å². The SMILES string of the molecule is O=[N+]([O-])c1cc2c(NCCCc3ccc(F)cc3)ncnc2cc1N1CCNCC1. The Morgan fingerprint density at radius 1 is 1.17 bits per heavy atom. The van der Waals surface area contributed by atoms with Crippen molar-refractivity contribution in [3.63, 3.8) is 0 Å². The van der Waals surface area contributed by atoms with Crippen molar-refractivity contribution in [3.8, 4) is 0 Å². The molecule has 0 aliphatic carbocycles. The molecular weight excluding hydrogens is 387 g/mol. The molecule has 1 saturated heterocycles. The van der Waals surface area contributed by atoms with Crippen LogP contribution in [0.3, 0.4) is 0 Å². The number of piperazine rings is 1. The summed E-state index contributed by atoms with van der Waals surface area (Å²) < 4.78 is 13.0. The molecule has 0 saturated carbocycles. The van der Waals surface area contributed by atoms with Crippen LogP contribution in [-0.4, -0.2) is 47.6 Å². The summed E-state index contributed by atoms with van der Waals surface area (Å²) in [7, 11) is 0. The van der Waals surface area contributed by atoms with Crippen molar-refractivity contribution in [2.24, 2.45) is 0 Å². The summed E-state index contributed by atoms with van der Waals surface area (Å²) in [6.45, 7) is 3.65. The van der Waals surface area contributed by atoms with Crippen LogP contribution in [0.5, 0.6) is 0 Å². The number of nitrogens with one attached hydrogen (secondary N) is 2. The van der Waals surface area contributed by atoms with Crippen molar-refractivity contribution in [2.45, 2.75) is 12.8 Å². The Labute approximate surface area is 173 Å². The summed E-state index contributed by atoms with van der Waals surface area (Å²) in [5.41, 5.74) is 2.38. The molecule has 2 aromatic carbocycles. The van der Waals surface area contributed by atoms with Crippen molar-refractivity contribution >= 4 is 28.1 Å². The van der Waals surface area contributed by atoms with E-state index in [9.17, 15) is 14.5 Å². The molecule has 2 heterocycles. The molecule has 2 N–H and O–H groups in total. The number of aryl methyl sites for hydroxylation is 1. The lowest BCUT2D eigenvalue weighted by Gasteiger charge is -2.29. The van der Waals surface area contributed by atoms with Crippen LogP contribution in [0.1, 0.15) is 12.0 Å². The average Bonchev–Trinajstić information content (AvgIpc) is 2.77. The van der Waals surface area contributed by atoms with Crippen LogP contribution in [0.25, 0.3) is 10.9 Å². The van der Waals surface area contributed by atoms with Gasteiger partial charge in [0.15, 0.2) is 0 Å². The Morgan fingerprint density at radius 2 is 1.93 bits per heavy atom. The fourth-order valence-corrected chi connectivity index (χ4v) is 3.68. The topological polar surface area (TPSA) is 96.2 Å². The van der Waals surface area contributed by atoms with E-state index in [0.717, 1.165) is 31.5 Å². The molecule has 0 bridgehead atoms. The van der Waals surface area contributed by atoms with Crippen LogP contribution in [-0.2, 0) is 6.42 Å². The van der Waals surface area contributed by atoms with Gasteiger partial charge in [-0.25, -0.2) is 14.4 Å². The minimum Gasteiger partial charge on any atom is -0.369 e. The molecule has 0 atom stereocenters. The summed E-state index contributed by atoms with van der Waals surface area (Å²) in [5.74, 6) is 0.333. The first-order valence-electron chi connectivity index (χ1n) is 9.99. The van der Waals surface area contributed by atoms with Crippen LogP contribution in [0.15, 0.2) is 42.7 Å². The van der Waals surface area contributed by atoms with E-state index in [1.54, 1.807) is 24.3 Å². The third kappa shape index (κ3) is 4.46. The van der Waals surface area contributed by atoms with Crippen LogP contribution in [0.4, 0.5) is 21.6 Å². The molecule has 156 valence electrons. The van der Waals surface area contributed by atoms with Crippen LogP contribution >= 0.6 is 0 Å². The molecule has 3 aromatic rings. The van der Waals surface area contributed by atoms with Gasteiger partial charge in [0.25, 0.3) is 5.69 Å². The van der Waals surface area contributed by atoms with E-state index < -0.39 is 0 Å². The van der Waals surface area contributed by atoms with Gasteiger partial charge < -0.3 is 15.5 Å². The van der Waals surface area contributed by atoms with Crippen LogP contribution in [0.2, 0.25) is 0 Å². The first kappa shape index (κ1) is 20.0. The Morgan fingerprint density at radius 3 is 2.67 bits per heavy atom. The van der Waals surface area contributed by atoms with E-state index in [0.29, 0.717) is 42.0 Å². The normalized spacial score (nSPS) is 14.1. The molecule has 0 spiro atoms. The van der Waals surface area contributed by atoms with Gasteiger partial charge in [-0.2, -0.15) is 0 Å². The Balaban J connectivity index is 1.52. The molecule has 1 aromatic heterocycles. The predicted molar refractivity (Wildman–Crippen MR) is 114 cm³/mol. The molecular formula is C21H23FN6O2. The molecule has 1 aliphatic heterocycles. The van der Waals surface area contributed by atoms with Gasteiger partial charge in [-0.1, -0.05) is 12.1 Å². The number of rotatable bonds is 7. The molecule has 8 nitrogen and oxygen atoms in total. The lowest BCUT2D eigenvalue weighted by atomic mass is 10.1. The van der Waals surface area contributed by atoms with Crippen molar-refractivity contribution in [1.29, 1.82) is 0 Å². The maximum Gasteiger partial charge on any atom is 0.293 e. The molecule has 0 unspecified atom stereocenters. The number of hydrogen-bond donors (Lipinski definition) is 2. The van der Waals surface area contributed by atoms with Crippen molar-refractivity contribution in [2.75, 3.05) is 42.9 Å². The lowest BCUT2D eigenvalue weighted by molar-refractivity contribution is -0.384. The number of nitro groups is 1. The number of halogens is 1. The van der Waals surface area contributed by atoms with Gasteiger partial charge in [-0.3, -0.25) is 10.1 Å². The third-order valence-corrected chi connectivity index (χ3v) is 5.23. The number of anilines is 2. The fourth-order valence-electron chi connectivity index (χ4n) is 3.68. The highest BCUT2D eigenvalue weighted by molar-refractivity contribution is 5.94. The Bertz CT molecular complexity index is 1040. The highest BCUT2D eigenvalue weighted by atomic mass is 19.1. The van der Waals surface area contributed by atoms with E-state index in [1.807, 2.05) is 4.90 Å². The van der Waals surface area contributed by atoms with Gasteiger partial charge in [0.05, 0.1) is 10.4 Å². The molecule has 4 rings (SSSR count). The van der Waals surface area contributed by atoms with Gasteiger partial charge >= 0.3 is 0 Å². The van der Waals surface area contributed by atoms with Crippen LogP contribution in [0, 0.1) is 15.9 Å². The zero-order valence-corrected chi connectivity index (χ0v) is 16.5. The fraction of sp³-hybridized carbons (Fsp3) is 0.333. The molecule has 30 heavy (non-hydrogen) atoms. The molecule has 9 heteroatoms. The van der Waals surface area contributed by atoms with Gasteiger partial charge in [0.2, 0.25) is 0 Å². The number of nitro benzene ring substituents is 1. The molecule has 1 fully saturated rings. The van der Waals surface area contributed by atoms with Gasteiger partial charge in [-0.05, 0) is 36.6 Å². The maximum absolute atomic E-state index is 13.0. The molecule has 0 amide bonds. The lowest BCUT2D eigenvalue weighted by Crippen LogP contribution is -2.43. The average molecular weight is 410 g/mol. The minimum absolute atomic E-state index is 0.0635. The second-order valence-electron chi connectivity index (χ2n) is 7.23. The summed E-state index contributed by atoms with van der Waals surface area (Å²) in [5, 5.41) is 18.9. The highest BCUT2D eigenvalue weighted by Crippen LogP contribution is 2.34. The second kappa shape index (κ2) is 9.00. The third-order valence-electron chi connectivity index (χ3n) is 5.23. The minimum atomic E-state index is -0.345. The number of aromatic nitrogens is 2. The quantitative estimate of drug-likeness (QED) is 0.351. The highest BCUT2D eigenvalue weighted by Gasteiger charge is 2.23. The number of hydrogen-bond acceptors (Lipinski definition) is 7. The Hall–Kier alpha value is -3.33. The van der Waals surface area contributed by atoms with E-state index in [-0.39, 0.29) is 16.4 Å². The Kier molecular flexibility index (Phi) is 5.99. The summed E-state index contributed by atoms with van der Waals surface area (Å²) in [6, 6.07) is 9.80. The monoisotopic (exact) mass is 410 g/mol. The predicted octanol–water partition coefficient (Wildman–Crippen LogP) is 3.13. The standard InChI is InChI=1S/C21H23FN6O2/c22-16-5-3-15(4-6-16)2-1-7-24-21-17-12-20(28(29)30)19(13-18(17)25-14-26-21)27-10-8-23-9-11-27/h3-6,12-14,23H,1-2,7-11H2,(H,24,25,26). The zero-order valence-electron chi connectivity index (χ0n) is 16.5. The first-order valence-corrected chi connectivity index (χ1v) is 9.99. The summed E-state index contributed by atoms with van der Waals surface area (Å²) >= 11 is 0. The molecule has 1 aliphatic rings. The zero-order chi connectivity index (χ0) is 20.9. The van der Waals surface area contributed by atoms with E-state index in [2.05, 4.69) is 20.6 Å². The largest absolute Gasteiger partial charge is 0.369 e. The van der Waals surface area contributed by atoms with Gasteiger partial charge in [-0.15, -0.1) is 0 Å². The number of nitrogens with zero attached hydrogens (tertiary/aromatic N) is 4.